The van der Waals surface area contributed by atoms with Gasteiger partial charge in [0.1, 0.15) is 6.10 Å². The summed E-state index contributed by atoms with van der Waals surface area (Å²) < 4.78 is 6.21. The van der Waals surface area contributed by atoms with E-state index in [1.807, 2.05) is 18.7 Å². The fraction of sp³-hybridized carbons (Fsp3) is 0.739. The number of ether oxygens (including phenoxy) is 1. The maximum Gasteiger partial charge on any atom is 0.335 e. The van der Waals surface area contributed by atoms with Crippen molar-refractivity contribution in [3.8, 4) is 5.19 Å². The van der Waals surface area contributed by atoms with Gasteiger partial charge in [0.15, 0.2) is 12.2 Å². The molecule has 3 aliphatic rings. The van der Waals surface area contributed by atoms with Gasteiger partial charge in [-0.15, -0.1) is 0 Å². The lowest BCUT2D eigenvalue weighted by atomic mass is 9.90. The molecule has 0 spiro atoms. The zero-order valence-corrected chi connectivity index (χ0v) is 20.9. The highest BCUT2D eigenvalue weighted by Crippen LogP contribution is 2.33. The average molecular weight is 514 g/mol. The molecule has 0 radical (unpaired) electrons. The topological polar surface area (TPSA) is 161 Å². The lowest BCUT2D eigenvalue weighted by Crippen LogP contribution is -2.46. The van der Waals surface area contributed by atoms with Crippen molar-refractivity contribution in [2.75, 3.05) is 19.6 Å². The van der Waals surface area contributed by atoms with E-state index in [0.717, 1.165) is 55.8 Å². The van der Waals surface area contributed by atoms with Crippen LogP contribution in [0.25, 0.3) is 0 Å². The first-order valence-electron chi connectivity index (χ1n) is 12.1. The third kappa shape index (κ3) is 7.12. The molecular weight excluding hydrogens is 478 g/mol. The fourth-order valence-electron chi connectivity index (χ4n) is 4.30. The van der Waals surface area contributed by atoms with Crippen LogP contribution in [0.15, 0.2) is 0 Å². The quantitative estimate of drug-likeness (QED) is 0.413. The van der Waals surface area contributed by atoms with Crippen molar-refractivity contribution in [1.82, 2.24) is 14.8 Å². The molecule has 3 heterocycles. The van der Waals surface area contributed by atoms with Crippen LogP contribution in [-0.2, 0) is 27.3 Å². The number of likely N-dealkylation sites (tertiary alicyclic amines) is 1. The highest BCUT2D eigenvalue weighted by molar-refractivity contribution is 7.13. The molecule has 1 aromatic heterocycles. The fourth-order valence-corrected chi connectivity index (χ4v) is 5.34. The zero-order chi connectivity index (χ0) is 25.7. The largest absolute Gasteiger partial charge is 0.479 e. The number of hydrogen-bond donors (Lipinski definition) is 4. The van der Waals surface area contributed by atoms with Crippen LogP contribution in [0.5, 0.6) is 5.19 Å². The highest BCUT2D eigenvalue weighted by Gasteiger charge is 2.31. The summed E-state index contributed by atoms with van der Waals surface area (Å²) in [7, 11) is 0. The molecular formula is C23H35N3O8S. The number of amides is 1. The summed E-state index contributed by atoms with van der Waals surface area (Å²) >= 11 is 1.64. The summed E-state index contributed by atoms with van der Waals surface area (Å²) in [5.41, 5.74) is 1.14. The van der Waals surface area contributed by atoms with Crippen LogP contribution in [0, 0.1) is 5.92 Å². The molecule has 2 aliphatic heterocycles. The maximum absolute atomic E-state index is 12.2. The molecule has 1 aromatic rings. The molecule has 0 bridgehead atoms. The number of aliphatic hydroxyl groups is 2. The number of aliphatic hydroxyl groups excluding tert-OH is 2. The van der Waals surface area contributed by atoms with Crippen LogP contribution in [-0.4, -0.2) is 97.0 Å². The van der Waals surface area contributed by atoms with E-state index in [4.69, 9.17) is 30.1 Å². The minimum atomic E-state index is -2.27. The Morgan fingerprint density at radius 2 is 1.60 bits per heavy atom. The highest BCUT2D eigenvalue weighted by atomic mass is 32.1. The number of thiazole rings is 1. The number of carbonyl (C=O) groups is 3. The van der Waals surface area contributed by atoms with E-state index in [2.05, 4.69) is 4.90 Å². The molecule has 2 fully saturated rings. The summed E-state index contributed by atoms with van der Waals surface area (Å²) in [5.74, 6) is -3.24. The van der Waals surface area contributed by atoms with Gasteiger partial charge in [0.05, 0.1) is 17.1 Å². The van der Waals surface area contributed by atoms with Gasteiger partial charge >= 0.3 is 11.9 Å². The molecule has 35 heavy (non-hydrogen) atoms. The van der Waals surface area contributed by atoms with Crippen molar-refractivity contribution in [3.63, 3.8) is 0 Å². The maximum atomic E-state index is 12.2. The molecule has 0 aromatic carbocycles. The smallest absolute Gasteiger partial charge is 0.335 e. The SMILES string of the molecule is CC(C)C(=O)N1CCc2nc(OC3CCN(C4CCC4)CC3)sc2C1.O=C(O)C(O)C(O)C(=O)O. The Morgan fingerprint density at radius 3 is 2.09 bits per heavy atom. The Labute approximate surface area is 208 Å². The van der Waals surface area contributed by atoms with Crippen LogP contribution in [0.1, 0.15) is 56.5 Å². The second kappa shape index (κ2) is 12.1. The number of carboxylic acids is 2. The Hall–Kier alpha value is -2.28. The Balaban J connectivity index is 0.000000292. The van der Waals surface area contributed by atoms with Gasteiger partial charge in [-0.1, -0.05) is 31.6 Å². The van der Waals surface area contributed by atoms with Crippen LogP contribution in [0.2, 0.25) is 0 Å². The number of fused-ring (bicyclic) bond motifs is 1. The summed E-state index contributed by atoms with van der Waals surface area (Å²) in [5, 5.41) is 33.3. The Morgan fingerprint density at radius 1 is 1.00 bits per heavy atom. The molecule has 1 saturated heterocycles. The number of nitrogens with zero attached hydrogens (tertiary/aromatic N) is 3. The summed E-state index contributed by atoms with van der Waals surface area (Å²) in [4.78, 5) is 42.3. The summed E-state index contributed by atoms with van der Waals surface area (Å²) in [6, 6.07) is 0.845. The van der Waals surface area contributed by atoms with E-state index in [0.29, 0.717) is 12.6 Å². The van der Waals surface area contributed by atoms with Gasteiger partial charge in [0, 0.05) is 38.0 Å². The lowest BCUT2D eigenvalue weighted by molar-refractivity contribution is -0.165. The first-order valence-corrected chi connectivity index (χ1v) is 12.9. The second-order valence-electron chi connectivity index (χ2n) is 9.52. The van der Waals surface area contributed by atoms with Gasteiger partial charge in [-0.05, 0) is 25.7 Å². The number of aromatic nitrogens is 1. The molecule has 4 N–H and O–H groups in total. The average Bonchev–Trinajstić information content (AvgIpc) is 3.19. The second-order valence-corrected chi connectivity index (χ2v) is 10.6. The van der Waals surface area contributed by atoms with Crippen molar-refractivity contribution in [3.05, 3.63) is 10.6 Å². The van der Waals surface area contributed by atoms with E-state index in [1.165, 1.54) is 24.1 Å². The number of hydrogen-bond acceptors (Lipinski definition) is 9. The van der Waals surface area contributed by atoms with Gasteiger partial charge < -0.3 is 35.0 Å². The van der Waals surface area contributed by atoms with Crippen molar-refractivity contribution in [2.24, 2.45) is 5.92 Å². The van der Waals surface area contributed by atoms with Crippen molar-refractivity contribution in [1.29, 1.82) is 0 Å². The molecule has 4 rings (SSSR count). The first kappa shape index (κ1) is 27.3. The number of piperidine rings is 1. The number of carbonyl (C=O) groups excluding carboxylic acids is 1. The van der Waals surface area contributed by atoms with Crippen LogP contribution in [0.4, 0.5) is 0 Å². The molecule has 2 atom stereocenters. The van der Waals surface area contributed by atoms with Gasteiger partial charge in [0.25, 0.3) is 5.19 Å². The minimum Gasteiger partial charge on any atom is -0.479 e. The lowest BCUT2D eigenvalue weighted by Gasteiger charge is -2.41. The van der Waals surface area contributed by atoms with Gasteiger partial charge in [-0.25, -0.2) is 14.6 Å². The summed E-state index contributed by atoms with van der Waals surface area (Å²) in [6.45, 7) is 7.75. The molecule has 2 unspecified atom stereocenters. The summed E-state index contributed by atoms with van der Waals surface area (Å²) in [6.07, 6.45) is 3.02. The van der Waals surface area contributed by atoms with Gasteiger partial charge in [0.2, 0.25) is 5.91 Å². The van der Waals surface area contributed by atoms with Crippen LogP contribution >= 0.6 is 11.3 Å². The van der Waals surface area contributed by atoms with Crippen molar-refractivity contribution >= 4 is 29.2 Å². The van der Waals surface area contributed by atoms with E-state index in [9.17, 15) is 14.4 Å². The van der Waals surface area contributed by atoms with Crippen LogP contribution < -0.4 is 4.74 Å². The van der Waals surface area contributed by atoms with Crippen LogP contribution in [0.3, 0.4) is 0 Å². The number of rotatable bonds is 7. The van der Waals surface area contributed by atoms with Crippen molar-refractivity contribution in [2.45, 2.75) is 83.3 Å². The zero-order valence-electron chi connectivity index (χ0n) is 20.1. The predicted octanol–water partition coefficient (Wildman–Crippen LogP) is 0.957. The van der Waals surface area contributed by atoms with E-state index in [-0.39, 0.29) is 11.8 Å². The monoisotopic (exact) mass is 513 g/mol. The molecule has 12 heteroatoms. The predicted molar refractivity (Wildman–Crippen MR) is 126 cm³/mol. The minimum absolute atomic E-state index is 0.0612. The molecule has 1 amide bonds. The third-order valence-electron chi connectivity index (χ3n) is 6.66. The molecule has 1 saturated carbocycles. The van der Waals surface area contributed by atoms with E-state index < -0.39 is 24.1 Å². The molecule has 196 valence electrons. The molecule has 1 aliphatic carbocycles. The first-order chi connectivity index (χ1) is 16.6. The molecule has 11 nitrogen and oxygen atoms in total. The van der Waals surface area contributed by atoms with Crippen molar-refractivity contribution < 1.29 is 39.5 Å². The third-order valence-corrected chi connectivity index (χ3v) is 7.63. The van der Waals surface area contributed by atoms with E-state index >= 15 is 0 Å². The Bertz CT molecular complexity index is 877. The number of carboxylic acid groups (broad SMARTS) is 2. The Kier molecular flexibility index (Phi) is 9.45. The standard InChI is InChI=1S/C19H29N3O2S.C4H6O6/c1-13(2)18(23)22-11-8-16-17(12-22)25-19(20-16)24-15-6-9-21(10-7-15)14-4-3-5-14;5-1(3(7)8)2(6)4(9)10/h13-15H,3-12H2,1-2H3;1-2,5-6H,(H,7,8)(H,9,10). The van der Waals surface area contributed by atoms with Gasteiger partial charge in [-0.3, -0.25) is 4.79 Å². The van der Waals surface area contributed by atoms with E-state index in [1.54, 1.807) is 11.3 Å². The number of aliphatic carboxylic acids is 2. The normalized spacial score (nSPS) is 20.8. The van der Waals surface area contributed by atoms with Gasteiger partial charge in [-0.2, -0.15) is 0 Å².